The van der Waals surface area contributed by atoms with Crippen molar-refractivity contribution in [2.24, 2.45) is 0 Å². The van der Waals surface area contributed by atoms with Gasteiger partial charge in [-0.2, -0.15) is 10.2 Å². The molecule has 2 aromatic rings. The Hall–Kier alpha value is -2.52. The maximum absolute atomic E-state index is 9.14. The molecule has 1 atom stereocenters. The highest BCUT2D eigenvalue weighted by Gasteiger charge is 2.22. The van der Waals surface area contributed by atoms with E-state index in [0.717, 1.165) is 36.6 Å². The van der Waals surface area contributed by atoms with E-state index in [1.54, 1.807) is 12.1 Å². The molecule has 3 N–H and O–H groups in total. The van der Waals surface area contributed by atoms with Crippen LogP contribution in [0.15, 0.2) is 24.3 Å². The first-order valence-corrected chi connectivity index (χ1v) is 8.82. The smallest absolute Gasteiger partial charge is 0.229 e. The molecule has 3 rings (SSSR count). The van der Waals surface area contributed by atoms with Crippen molar-refractivity contribution in [1.82, 2.24) is 9.97 Å². The Morgan fingerprint density at radius 2 is 2.15 bits per heavy atom. The van der Waals surface area contributed by atoms with Crippen molar-refractivity contribution in [3.8, 4) is 6.07 Å². The van der Waals surface area contributed by atoms with Crippen LogP contribution < -0.4 is 16.0 Å². The van der Waals surface area contributed by atoms with E-state index in [9.17, 15) is 0 Å². The molecule has 0 spiro atoms. The second-order valence-corrected chi connectivity index (χ2v) is 6.51. The molecular weight excluding hydrogens is 348 g/mol. The van der Waals surface area contributed by atoms with Crippen LogP contribution in [-0.4, -0.2) is 22.6 Å². The normalized spacial score (nSPS) is 16.0. The molecule has 7 heteroatoms. The van der Waals surface area contributed by atoms with E-state index in [1.807, 2.05) is 6.07 Å². The van der Waals surface area contributed by atoms with Gasteiger partial charge in [-0.05, 0) is 44.4 Å². The highest BCUT2D eigenvalue weighted by atomic mass is 35.5. The summed E-state index contributed by atoms with van der Waals surface area (Å²) < 4.78 is 0. The van der Waals surface area contributed by atoms with Crippen LogP contribution in [0.2, 0.25) is 0 Å². The largest absolute Gasteiger partial charge is 0.398 e. The number of aromatic nitrogens is 2. The fraction of sp³-hybridized carbons (Fsp3) is 0.421. The monoisotopic (exact) mass is 372 g/mol. The lowest BCUT2D eigenvalue weighted by Gasteiger charge is -2.23. The lowest BCUT2D eigenvalue weighted by Crippen LogP contribution is -2.27. The first-order valence-electron chi connectivity index (χ1n) is 8.82. The van der Waals surface area contributed by atoms with Crippen LogP contribution in [0.5, 0.6) is 0 Å². The molecule has 1 aliphatic rings. The predicted molar refractivity (Wildman–Crippen MR) is 108 cm³/mol. The Kier molecular flexibility index (Phi) is 6.64. The number of nitriles is 1. The summed E-state index contributed by atoms with van der Waals surface area (Å²) in [4.78, 5) is 11.7. The first kappa shape index (κ1) is 19.8. The highest BCUT2D eigenvalue weighted by molar-refractivity contribution is 5.85. The van der Waals surface area contributed by atoms with Crippen molar-refractivity contribution in [3.05, 3.63) is 35.5 Å². The summed E-state index contributed by atoms with van der Waals surface area (Å²) in [6, 6.07) is 9.98. The summed E-state index contributed by atoms with van der Waals surface area (Å²) in [7, 11) is 0. The second kappa shape index (κ2) is 8.72. The van der Waals surface area contributed by atoms with Crippen molar-refractivity contribution in [2.75, 3.05) is 22.5 Å². The van der Waals surface area contributed by atoms with Crippen molar-refractivity contribution in [2.45, 2.75) is 45.6 Å². The molecule has 0 aliphatic carbocycles. The molecule has 1 saturated heterocycles. The zero-order valence-electron chi connectivity index (χ0n) is 15.2. The quantitative estimate of drug-likeness (QED) is 0.770. The average molecular weight is 373 g/mol. The lowest BCUT2D eigenvalue weighted by molar-refractivity contribution is 0.724. The molecule has 0 radical (unpaired) electrons. The third-order valence-electron chi connectivity index (χ3n) is 4.55. The van der Waals surface area contributed by atoms with E-state index in [-0.39, 0.29) is 12.4 Å². The standard InChI is InChI=1S/C19H24N6.ClH/c1-3-5-15-11-18(25-9-4-6-13(25)2)24-19(22-15)23-16-7-8-17(21)14(10-16)12-20;/h7-8,10-11,13H,3-6,9,21H2,1-2H3,(H,22,23,24);1H. The van der Waals surface area contributed by atoms with Gasteiger partial charge in [-0.15, -0.1) is 12.4 Å². The molecule has 0 bridgehead atoms. The number of rotatable bonds is 5. The number of hydrogen-bond acceptors (Lipinski definition) is 6. The predicted octanol–water partition coefficient (Wildman–Crippen LogP) is 4.04. The van der Waals surface area contributed by atoms with Crippen molar-refractivity contribution >= 4 is 35.5 Å². The van der Waals surface area contributed by atoms with Gasteiger partial charge < -0.3 is 16.0 Å². The van der Waals surface area contributed by atoms with Crippen LogP contribution >= 0.6 is 12.4 Å². The van der Waals surface area contributed by atoms with Gasteiger partial charge in [0, 0.05) is 35.7 Å². The van der Waals surface area contributed by atoms with Gasteiger partial charge in [0.05, 0.1) is 5.56 Å². The van der Waals surface area contributed by atoms with Crippen LogP contribution in [0.4, 0.5) is 23.1 Å². The van der Waals surface area contributed by atoms with Crippen molar-refractivity contribution in [1.29, 1.82) is 5.26 Å². The molecular formula is C19H25ClN6. The van der Waals surface area contributed by atoms with Crippen LogP contribution in [-0.2, 0) is 6.42 Å². The fourth-order valence-corrected chi connectivity index (χ4v) is 3.20. The maximum atomic E-state index is 9.14. The number of benzene rings is 1. The molecule has 1 aromatic heterocycles. The zero-order valence-corrected chi connectivity index (χ0v) is 16.0. The molecule has 0 amide bonds. The Balaban J connectivity index is 0.00000243. The van der Waals surface area contributed by atoms with Gasteiger partial charge >= 0.3 is 0 Å². The number of halogens is 1. The SMILES string of the molecule is CCCc1cc(N2CCCC2C)nc(Nc2ccc(N)c(C#N)c2)n1.Cl. The lowest BCUT2D eigenvalue weighted by atomic mass is 10.2. The zero-order chi connectivity index (χ0) is 17.8. The molecule has 26 heavy (non-hydrogen) atoms. The second-order valence-electron chi connectivity index (χ2n) is 6.51. The highest BCUT2D eigenvalue weighted by Crippen LogP contribution is 2.26. The average Bonchev–Trinajstić information content (AvgIpc) is 3.03. The summed E-state index contributed by atoms with van der Waals surface area (Å²) in [6.07, 6.45) is 4.34. The molecule has 6 nitrogen and oxygen atoms in total. The summed E-state index contributed by atoms with van der Waals surface area (Å²) >= 11 is 0. The number of anilines is 4. The maximum Gasteiger partial charge on any atom is 0.229 e. The van der Waals surface area contributed by atoms with Gasteiger partial charge in [0.25, 0.3) is 0 Å². The van der Waals surface area contributed by atoms with Gasteiger partial charge in [0.2, 0.25) is 5.95 Å². The summed E-state index contributed by atoms with van der Waals surface area (Å²) in [5.41, 5.74) is 8.51. The topological polar surface area (TPSA) is 90.9 Å². The molecule has 1 aliphatic heterocycles. The first-order chi connectivity index (χ1) is 12.1. The fourth-order valence-electron chi connectivity index (χ4n) is 3.20. The summed E-state index contributed by atoms with van der Waals surface area (Å²) in [6.45, 7) is 5.41. The van der Waals surface area contributed by atoms with Crippen molar-refractivity contribution < 1.29 is 0 Å². The van der Waals surface area contributed by atoms with E-state index in [4.69, 9.17) is 16.0 Å². The van der Waals surface area contributed by atoms with Gasteiger partial charge in [-0.25, -0.2) is 4.98 Å². The van der Waals surface area contributed by atoms with Crippen LogP contribution in [0, 0.1) is 11.3 Å². The van der Waals surface area contributed by atoms with E-state index in [2.05, 4.69) is 41.2 Å². The molecule has 138 valence electrons. The molecule has 1 unspecified atom stereocenters. The van der Waals surface area contributed by atoms with E-state index >= 15 is 0 Å². The van der Waals surface area contributed by atoms with Gasteiger partial charge in [0.1, 0.15) is 11.9 Å². The minimum absolute atomic E-state index is 0. The van der Waals surface area contributed by atoms with Gasteiger partial charge in [0.15, 0.2) is 0 Å². The minimum Gasteiger partial charge on any atom is -0.398 e. The number of hydrogen-bond donors (Lipinski definition) is 2. The molecule has 1 fully saturated rings. The van der Waals surface area contributed by atoms with Gasteiger partial charge in [-0.3, -0.25) is 0 Å². The Morgan fingerprint density at radius 3 is 2.81 bits per heavy atom. The molecule has 2 heterocycles. The Labute approximate surface area is 160 Å². The van der Waals surface area contributed by atoms with Gasteiger partial charge in [-0.1, -0.05) is 13.3 Å². The van der Waals surface area contributed by atoms with E-state index < -0.39 is 0 Å². The van der Waals surface area contributed by atoms with E-state index in [1.165, 1.54) is 12.8 Å². The molecule has 1 aromatic carbocycles. The van der Waals surface area contributed by atoms with Crippen LogP contribution in [0.1, 0.15) is 44.4 Å². The number of nitrogen functional groups attached to an aromatic ring is 1. The van der Waals surface area contributed by atoms with Crippen molar-refractivity contribution in [3.63, 3.8) is 0 Å². The number of nitrogens with one attached hydrogen (secondary N) is 1. The minimum atomic E-state index is 0. The number of aryl methyl sites for hydroxylation is 1. The van der Waals surface area contributed by atoms with E-state index in [0.29, 0.717) is 23.2 Å². The van der Waals surface area contributed by atoms with Crippen LogP contribution in [0.25, 0.3) is 0 Å². The summed E-state index contributed by atoms with van der Waals surface area (Å²) in [5, 5.41) is 12.4. The molecule has 0 saturated carbocycles. The number of nitrogens with zero attached hydrogens (tertiary/aromatic N) is 4. The summed E-state index contributed by atoms with van der Waals surface area (Å²) in [5.74, 6) is 1.54. The third-order valence-corrected chi connectivity index (χ3v) is 4.55. The van der Waals surface area contributed by atoms with Crippen LogP contribution in [0.3, 0.4) is 0 Å². The number of nitrogens with two attached hydrogens (primary N) is 1. The Bertz CT molecular complexity index is 801. The Morgan fingerprint density at radius 1 is 1.35 bits per heavy atom. The third kappa shape index (κ3) is 4.36.